The fourth-order valence-corrected chi connectivity index (χ4v) is 11.4. The second kappa shape index (κ2) is 12.4. The van der Waals surface area contributed by atoms with Gasteiger partial charge in [-0.2, -0.15) is 0 Å². The molecule has 0 aliphatic carbocycles. The zero-order chi connectivity index (χ0) is 26.4. The lowest BCUT2D eigenvalue weighted by Gasteiger charge is -2.33. The van der Waals surface area contributed by atoms with Crippen LogP contribution in [0.15, 0.2) is 11.8 Å². The van der Waals surface area contributed by atoms with Crippen molar-refractivity contribution in [1.29, 1.82) is 0 Å². The highest BCUT2D eigenvalue weighted by Gasteiger charge is 2.35. The average molecular weight is 529 g/mol. The first-order valence-electron chi connectivity index (χ1n) is 11.7. The van der Waals surface area contributed by atoms with E-state index in [1.807, 2.05) is 13.0 Å². The topological polar surface area (TPSA) is 83.5 Å². The van der Waals surface area contributed by atoms with Crippen molar-refractivity contribution in [3.63, 3.8) is 0 Å². The van der Waals surface area contributed by atoms with Crippen LogP contribution in [0.1, 0.15) is 37.0 Å². The predicted molar refractivity (Wildman–Crippen MR) is 145 cm³/mol. The highest BCUT2D eigenvalue weighted by molar-refractivity contribution is 6.85. The molecule has 0 bridgehead atoms. The monoisotopic (exact) mass is 528 g/mol. The number of carboxylic acid groups (broad SMARTS) is 1. The Bertz CT molecular complexity index is 868. The van der Waals surface area contributed by atoms with E-state index in [2.05, 4.69) is 53.1 Å². The molecule has 0 radical (unpaired) electrons. The Morgan fingerprint density at radius 3 is 1.88 bits per heavy atom. The first-order chi connectivity index (χ1) is 15.6. The van der Waals surface area contributed by atoms with Crippen LogP contribution in [-0.4, -0.2) is 58.3 Å². The van der Waals surface area contributed by atoms with Crippen LogP contribution in [0.4, 0.5) is 0 Å². The first kappa shape index (κ1) is 30.4. The largest absolute Gasteiger partial charge is 0.496 e. The molecule has 0 aliphatic rings. The van der Waals surface area contributed by atoms with Crippen molar-refractivity contribution in [2.75, 3.05) is 21.3 Å². The summed E-state index contributed by atoms with van der Waals surface area (Å²) in [5.41, 5.74) is 2.55. The number of aryl methyl sites for hydroxylation is 1. The molecule has 0 amide bonds. The van der Waals surface area contributed by atoms with Crippen LogP contribution in [0.3, 0.4) is 0 Å². The Labute approximate surface area is 209 Å². The van der Waals surface area contributed by atoms with Gasteiger partial charge >= 0.3 is 15.3 Å². The molecule has 194 valence electrons. The fraction of sp³-hybridized carbons (Fsp3) is 0.625. The zero-order valence-electron chi connectivity index (χ0n) is 23.0. The fourth-order valence-electron chi connectivity index (χ4n) is 3.68. The molecule has 1 aromatic rings. The van der Waals surface area contributed by atoms with E-state index in [4.69, 9.17) is 22.4 Å². The van der Waals surface area contributed by atoms with E-state index < -0.39 is 31.9 Å². The first-order valence-corrected chi connectivity index (χ1v) is 20.0. The third-order valence-corrected chi connectivity index (χ3v) is 13.7. The zero-order valence-corrected chi connectivity index (χ0v) is 26.2. The number of aliphatic carboxylic acids is 1. The number of carboxylic acids is 1. The van der Waals surface area contributed by atoms with Crippen LogP contribution in [0.5, 0.6) is 5.75 Å². The van der Waals surface area contributed by atoms with Crippen molar-refractivity contribution in [3.05, 3.63) is 28.5 Å². The van der Waals surface area contributed by atoms with E-state index in [1.54, 1.807) is 7.11 Å². The van der Waals surface area contributed by atoms with Crippen molar-refractivity contribution in [1.82, 2.24) is 0 Å². The SMILES string of the molecule is COC(C(=O)O)=C(OC)c1cc(C)c([SiH](O[Si](C)(C)C)O[Si](C)(C)C)c(CCC(C)C)c1OC. The third-order valence-electron chi connectivity index (χ3n) is 5.02. The minimum absolute atomic E-state index is 0.128. The Kier molecular flexibility index (Phi) is 11.1. The number of carbonyl (C=O) groups is 1. The van der Waals surface area contributed by atoms with E-state index in [0.29, 0.717) is 17.2 Å². The molecule has 0 atom stereocenters. The molecule has 0 aromatic heterocycles. The molecule has 1 rings (SSSR count). The van der Waals surface area contributed by atoms with Crippen molar-refractivity contribution in [3.8, 4) is 5.75 Å². The lowest BCUT2D eigenvalue weighted by molar-refractivity contribution is -0.136. The molecule has 7 nitrogen and oxygen atoms in total. The average Bonchev–Trinajstić information content (AvgIpc) is 2.66. The highest BCUT2D eigenvalue weighted by atomic mass is 28.4. The molecule has 0 saturated carbocycles. The summed E-state index contributed by atoms with van der Waals surface area (Å²) in [5, 5.41) is 10.8. The summed E-state index contributed by atoms with van der Waals surface area (Å²) in [6.07, 6.45) is 1.69. The molecule has 10 heteroatoms. The maximum absolute atomic E-state index is 11.8. The third kappa shape index (κ3) is 8.56. The summed E-state index contributed by atoms with van der Waals surface area (Å²) in [4.78, 5) is 11.8. The second-order valence-corrected chi connectivity index (χ2v) is 22.3. The molecule has 0 aliphatic heterocycles. The quantitative estimate of drug-likeness (QED) is 0.224. The summed E-state index contributed by atoms with van der Waals surface area (Å²) in [5.74, 6) is -0.285. The van der Waals surface area contributed by atoms with Crippen LogP contribution >= 0.6 is 0 Å². The van der Waals surface area contributed by atoms with E-state index in [1.165, 1.54) is 14.2 Å². The van der Waals surface area contributed by atoms with Gasteiger partial charge < -0.3 is 27.5 Å². The summed E-state index contributed by atoms with van der Waals surface area (Å²) in [6.45, 7) is 19.5. The van der Waals surface area contributed by atoms with Gasteiger partial charge in [0.2, 0.25) is 5.76 Å². The van der Waals surface area contributed by atoms with Crippen LogP contribution < -0.4 is 9.92 Å². The standard InChI is InChI=1S/C24H44O7Si3/c1-16(2)13-14-18-20(27-4)19(21(28-5)22(29-6)24(25)26)15-17(3)23(18)32(30-33(7,8)9)31-34(10,11)12/h15-16,32H,13-14H2,1-12H3,(H,25,26). The number of benzene rings is 1. The molecule has 0 spiro atoms. The van der Waals surface area contributed by atoms with Gasteiger partial charge in [0.15, 0.2) is 22.4 Å². The smallest absolute Gasteiger partial charge is 0.375 e. The summed E-state index contributed by atoms with van der Waals surface area (Å²) in [6, 6.07) is 1.91. The number of hydrogen-bond donors (Lipinski definition) is 1. The minimum atomic E-state index is -2.30. The normalized spacial score (nSPS) is 13.2. The Morgan fingerprint density at radius 2 is 1.53 bits per heavy atom. The van der Waals surface area contributed by atoms with Crippen LogP contribution in [0.2, 0.25) is 39.3 Å². The van der Waals surface area contributed by atoms with Crippen LogP contribution in [0.25, 0.3) is 5.76 Å². The van der Waals surface area contributed by atoms with Crippen molar-refractivity contribution in [2.24, 2.45) is 5.92 Å². The molecular weight excluding hydrogens is 485 g/mol. The van der Waals surface area contributed by atoms with Crippen molar-refractivity contribution >= 4 is 42.8 Å². The van der Waals surface area contributed by atoms with Crippen molar-refractivity contribution in [2.45, 2.75) is 72.9 Å². The van der Waals surface area contributed by atoms with Gasteiger partial charge in [-0.1, -0.05) is 13.8 Å². The van der Waals surface area contributed by atoms with Gasteiger partial charge in [0.05, 0.1) is 26.9 Å². The second-order valence-electron chi connectivity index (χ2n) is 10.8. The lowest BCUT2D eigenvalue weighted by atomic mass is 9.96. The van der Waals surface area contributed by atoms with E-state index >= 15 is 0 Å². The van der Waals surface area contributed by atoms with E-state index in [9.17, 15) is 9.90 Å². The molecule has 1 N–H and O–H groups in total. The molecule has 34 heavy (non-hydrogen) atoms. The Balaban J connectivity index is 4.04. The molecule has 0 unspecified atom stereocenters. The number of hydrogen-bond acceptors (Lipinski definition) is 6. The predicted octanol–water partition coefficient (Wildman–Crippen LogP) is 4.77. The van der Waals surface area contributed by atoms with Crippen molar-refractivity contribution < 1.29 is 32.3 Å². The summed E-state index contributed by atoms with van der Waals surface area (Å²) < 4.78 is 30.1. The molecule has 0 fully saturated rings. The maximum atomic E-state index is 11.8. The van der Waals surface area contributed by atoms with Crippen LogP contribution in [-0.2, 0) is 28.9 Å². The van der Waals surface area contributed by atoms with Gasteiger partial charge in [0.1, 0.15) is 5.75 Å². The molecule has 0 heterocycles. The van der Waals surface area contributed by atoms with Gasteiger partial charge in [0, 0.05) is 0 Å². The minimum Gasteiger partial charge on any atom is -0.496 e. The van der Waals surface area contributed by atoms with Crippen LogP contribution in [0, 0.1) is 12.8 Å². The van der Waals surface area contributed by atoms with Gasteiger partial charge in [-0.25, -0.2) is 4.79 Å². The van der Waals surface area contributed by atoms with Gasteiger partial charge in [-0.3, -0.25) is 0 Å². The Hall–Kier alpha value is -1.60. The summed E-state index contributed by atoms with van der Waals surface area (Å²) >= 11 is 0. The van der Waals surface area contributed by atoms with Gasteiger partial charge in [0.25, 0.3) is 0 Å². The lowest BCUT2D eigenvalue weighted by Crippen LogP contribution is -2.52. The molecule has 1 aromatic carbocycles. The number of rotatable bonds is 13. The van der Waals surface area contributed by atoms with Gasteiger partial charge in [-0.15, -0.1) is 0 Å². The summed E-state index contributed by atoms with van der Waals surface area (Å²) in [7, 11) is -1.77. The van der Waals surface area contributed by atoms with Gasteiger partial charge in [-0.05, 0) is 87.3 Å². The Morgan fingerprint density at radius 1 is 1.00 bits per heavy atom. The van der Waals surface area contributed by atoms with E-state index in [-0.39, 0.29) is 11.5 Å². The number of methoxy groups -OCH3 is 3. The maximum Gasteiger partial charge on any atom is 0.375 e. The van der Waals surface area contributed by atoms with E-state index in [0.717, 1.165) is 29.2 Å². The highest BCUT2D eigenvalue weighted by Crippen LogP contribution is 2.35. The molecule has 0 saturated heterocycles. The number of ether oxygens (including phenoxy) is 3. The molecular formula is C24H44O7Si3.